The summed E-state index contributed by atoms with van der Waals surface area (Å²) in [6, 6.07) is 13.5. The monoisotopic (exact) mass is 536 g/mol. The van der Waals surface area contributed by atoms with E-state index in [1.54, 1.807) is 30.3 Å². The van der Waals surface area contributed by atoms with Crippen molar-refractivity contribution in [1.29, 1.82) is 0 Å². The average molecular weight is 537 g/mol. The van der Waals surface area contributed by atoms with E-state index < -0.39 is 15.9 Å². The van der Waals surface area contributed by atoms with Crippen LogP contribution < -0.4 is 19.1 Å². The van der Waals surface area contributed by atoms with Crippen LogP contribution in [0.4, 0.5) is 11.4 Å². The molecule has 0 aliphatic heterocycles. The number of ether oxygens (including phenoxy) is 2. The first kappa shape index (κ1) is 26.8. The smallest absolute Gasteiger partial charge is 0.267 e. The molecule has 3 rings (SSSR count). The van der Waals surface area contributed by atoms with Crippen LogP contribution in [0.25, 0.3) is 0 Å². The molecular weight excluding hydrogens is 508 g/mol. The van der Waals surface area contributed by atoms with Gasteiger partial charge >= 0.3 is 0 Å². The quantitative estimate of drug-likeness (QED) is 0.371. The molecule has 0 unspecified atom stereocenters. The summed E-state index contributed by atoms with van der Waals surface area (Å²) >= 11 is 7.07. The first-order valence-corrected chi connectivity index (χ1v) is 13.5. The predicted molar refractivity (Wildman–Crippen MR) is 142 cm³/mol. The van der Waals surface area contributed by atoms with E-state index in [0.29, 0.717) is 29.5 Å². The zero-order valence-corrected chi connectivity index (χ0v) is 22.9. The third-order valence-electron chi connectivity index (χ3n) is 5.33. The number of carbonyl (C=O) groups excluding carboxylic acids is 1. The second kappa shape index (κ2) is 10.5. The molecule has 2 aromatic carbocycles. The van der Waals surface area contributed by atoms with E-state index in [-0.39, 0.29) is 19.5 Å². The topological polar surface area (TPSA) is 84.9 Å². The molecule has 0 saturated carbocycles. The Kier molecular flexibility index (Phi) is 8.03. The number of carbonyl (C=O) groups is 1. The minimum atomic E-state index is -4.11. The molecule has 10 heteroatoms. The fourth-order valence-electron chi connectivity index (χ4n) is 3.35. The van der Waals surface area contributed by atoms with Gasteiger partial charge in [0.2, 0.25) is 0 Å². The largest absolute Gasteiger partial charge is 0.493 e. The fraction of sp³-hybridized carbons (Fsp3) is 0.320. The van der Waals surface area contributed by atoms with Crippen molar-refractivity contribution < 1.29 is 22.7 Å². The molecule has 1 N–H and O–H groups in total. The molecule has 0 saturated heterocycles. The Bertz CT molecular complexity index is 1310. The fourth-order valence-corrected chi connectivity index (χ4v) is 6.23. The predicted octanol–water partition coefficient (Wildman–Crippen LogP) is 6.18. The number of hydrogen-bond donors (Lipinski definition) is 1. The molecule has 7 nitrogen and oxygen atoms in total. The van der Waals surface area contributed by atoms with Gasteiger partial charge in [-0.1, -0.05) is 44.5 Å². The lowest BCUT2D eigenvalue weighted by atomic mass is 9.87. The third kappa shape index (κ3) is 5.91. The van der Waals surface area contributed by atoms with Gasteiger partial charge in [-0.05, 0) is 48.2 Å². The molecule has 0 aliphatic carbocycles. The van der Waals surface area contributed by atoms with Gasteiger partial charge in [-0.2, -0.15) is 0 Å². The van der Waals surface area contributed by atoms with Crippen LogP contribution in [0, 0.1) is 0 Å². The van der Waals surface area contributed by atoms with Crippen molar-refractivity contribution in [2.75, 3.05) is 30.4 Å². The minimum absolute atomic E-state index is 0.000325. The molecule has 35 heavy (non-hydrogen) atoms. The second-order valence-corrected chi connectivity index (χ2v) is 12.4. The van der Waals surface area contributed by atoms with Gasteiger partial charge in [0.05, 0.1) is 23.7 Å². The van der Waals surface area contributed by atoms with E-state index in [2.05, 4.69) is 26.1 Å². The van der Waals surface area contributed by atoms with E-state index in [4.69, 9.17) is 21.1 Å². The molecule has 0 radical (unpaired) electrons. The van der Waals surface area contributed by atoms with Crippen molar-refractivity contribution in [3.8, 4) is 11.5 Å². The number of anilines is 2. The summed E-state index contributed by atoms with van der Waals surface area (Å²) in [4.78, 5) is 12.9. The maximum absolute atomic E-state index is 13.5. The van der Waals surface area contributed by atoms with E-state index in [1.165, 1.54) is 20.2 Å². The van der Waals surface area contributed by atoms with Crippen LogP contribution in [0.2, 0.25) is 4.34 Å². The normalized spacial score (nSPS) is 11.7. The molecule has 1 aromatic heterocycles. The molecule has 1 heterocycles. The van der Waals surface area contributed by atoms with E-state index >= 15 is 0 Å². The first-order valence-electron chi connectivity index (χ1n) is 10.9. The number of nitrogens with one attached hydrogen (secondary N) is 1. The van der Waals surface area contributed by atoms with Crippen LogP contribution in [-0.4, -0.2) is 35.1 Å². The lowest BCUT2D eigenvalue weighted by Crippen LogP contribution is -2.28. The van der Waals surface area contributed by atoms with Crippen LogP contribution in [0.5, 0.6) is 11.5 Å². The zero-order chi connectivity index (χ0) is 26.0. The Morgan fingerprint density at radius 1 is 1.09 bits per heavy atom. The lowest BCUT2D eigenvalue weighted by Gasteiger charge is -2.21. The van der Waals surface area contributed by atoms with Gasteiger partial charge in [0.15, 0.2) is 11.5 Å². The number of benzene rings is 2. The standard InChI is InChI=1S/C25H29ClN2O5S2/c1-7-33-19-13-12-18(14-20(19)32-6)28(5)35(30,31)21-15-22(26)34-23(21)24(29)27-17-10-8-16(9-11-17)25(2,3)4/h8-15H,7H2,1-6H3,(H,27,29). The number of hydrogen-bond acceptors (Lipinski definition) is 6. The van der Waals surface area contributed by atoms with Crippen molar-refractivity contribution in [2.45, 2.75) is 38.0 Å². The van der Waals surface area contributed by atoms with Gasteiger partial charge in [0.25, 0.3) is 15.9 Å². The number of amides is 1. The molecule has 1 amide bonds. The Morgan fingerprint density at radius 2 is 1.74 bits per heavy atom. The number of thiophene rings is 1. The zero-order valence-electron chi connectivity index (χ0n) is 20.5. The molecule has 0 atom stereocenters. The summed E-state index contributed by atoms with van der Waals surface area (Å²) in [5.41, 5.74) is 1.99. The van der Waals surface area contributed by atoms with E-state index in [0.717, 1.165) is 21.2 Å². The van der Waals surface area contributed by atoms with Crippen LogP contribution in [0.1, 0.15) is 42.9 Å². The second-order valence-electron chi connectivity index (χ2n) is 8.77. The van der Waals surface area contributed by atoms with Crippen molar-refractivity contribution in [2.24, 2.45) is 0 Å². The molecule has 0 fully saturated rings. The first-order chi connectivity index (χ1) is 16.4. The maximum Gasteiger partial charge on any atom is 0.267 e. The summed E-state index contributed by atoms with van der Waals surface area (Å²) in [6.45, 7) is 8.58. The molecular formula is C25H29ClN2O5S2. The van der Waals surface area contributed by atoms with Gasteiger partial charge in [-0.25, -0.2) is 8.42 Å². The third-order valence-corrected chi connectivity index (χ3v) is 8.53. The molecule has 3 aromatic rings. The highest BCUT2D eigenvalue weighted by molar-refractivity contribution is 7.93. The van der Waals surface area contributed by atoms with Gasteiger partial charge in [-0.15, -0.1) is 11.3 Å². The van der Waals surface area contributed by atoms with Gasteiger partial charge in [0, 0.05) is 18.8 Å². The SMILES string of the molecule is CCOc1ccc(N(C)S(=O)(=O)c2cc(Cl)sc2C(=O)Nc2ccc(C(C)(C)C)cc2)cc1OC. The highest BCUT2D eigenvalue weighted by Gasteiger charge is 2.30. The van der Waals surface area contributed by atoms with Crippen molar-refractivity contribution in [3.05, 3.63) is 63.3 Å². The van der Waals surface area contributed by atoms with Crippen LogP contribution in [-0.2, 0) is 15.4 Å². The van der Waals surface area contributed by atoms with Gasteiger partial charge in [-0.3, -0.25) is 9.10 Å². The Labute approximate surface area is 215 Å². The highest BCUT2D eigenvalue weighted by Crippen LogP contribution is 2.37. The van der Waals surface area contributed by atoms with Crippen LogP contribution in [0.3, 0.4) is 0 Å². The number of methoxy groups -OCH3 is 1. The van der Waals surface area contributed by atoms with Crippen LogP contribution in [0.15, 0.2) is 53.4 Å². The van der Waals surface area contributed by atoms with Crippen LogP contribution >= 0.6 is 22.9 Å². The molecule has 0 spiro atoms. The van der Waals surface area contributed by atoms with Crippen molar-refractivity contribution in [1.82, 2.24) is 0 Å². The number of halogens is 1. The summed E-state index contributed by atoms with van der Waals surface area (Å²) < 4.78 is 39.1. The van der Waals surface area contributed by atoms with Crippen molar-refractivity contribution in [3.63, 3.8) is 0 Å². The molecule has 188 valence electrons. The summed E-state index contributed by atoms with van der Waals surface area (Å²) in [6.07, 6.45) is 0. The van der Waals surface area contributed by atoms with E-state index in [1.807, 2.05) is 19.1 Å². The number of sulfonamides is 1. The number of rotatable bonds is 8. The lowest BCUT2D eigenvalue weighted by molar-refractivity contribution is 0.102. The van der Waals surface area contributed by atoms with Gasteiger partial charge < -0.3 is 14.8 Å². The Balaban J connectivity index is 1.91. The molecule has 0 bridgehead atoms. The summed E-state index contributed by atoms with van der Waals surface area (Å²) in [5.74, 6) is 0.341. The summed E-state index contributed by atoms with van der Waals surface area (Å²) in [7, 11) is -1.23. The summed E-state index contributed by atoms with van der Waals surface area (Å²) in [5, 5.41) is 2.77. The molecule has 0 aliphatic rings. The maximum atomic E-state index is 13.5. The van der Waals surface area contributed by atoms with E-state index in [9.17, 15) is 13.2 Å². The van der Waals surface area contributed by atoms with Crippen molar-refractivity contribution >= 4 is 50.2 Å². The Morgan fingerprint density at radius 3 is 2.31 bits per heavy atom. The number of nitrogens with zero attached hydrogens (tertiary/aromatic N) is 1. The minimum Gasteiger partial charge on any atom is -0.493 e. The van der Waals surface area contributed by atoms with Gasteiger partial charge in [0.1, 0.15) is 9.77 Å². The average Bonchev–Trinajstić information content (AvgIpc) is 3.21. The highest BCUT2D eigenvalue weighted by atomic mass is 35.5. The Hall–Kier alpha value is -2.75.